The van der Waals surface area contributed by atoms with Crippen molar-refractivity contribution in [2.75, 3.05) is 19.7 Å². The van der Waals surface area contributed by atoms with Crippen molar-refractivity contribution in [2.24, 2.45) is 0 Å². The van der Waals surface area contributed by atoms with E-state index in [1.54, 1.807) is 0 Å². The predicted molar refractivity (Wildman–Crippen MR) is 84.8 cm³/mol. The molecule has 0 unspecified atom stereocenters. The molecule has 0 radical (unpaired) electrons. The molecule has 0 atom stereocenters. The molecule has 1 aromatic rings. The van der Waals surface area contributed by atoms with Gasteiger partial charge in [0.25, 0.3) is 5.91 Å². The summed E-state index contributed by atoms with van der Waals surface area (Å²) in [6, 6.07) is 6.32. The molecule has 0 aromatic heterocycles. The number of aryl methyl sites for hydroxylation is 1. The van der Waals surface area contributed by atoms with Crippen LogP contribution < -0.4 is 15.4 Å². The third-order valence-electron chi connectivity index (χ3n) is 3.84. The van der Waals surface area contributed by atoms with Crippen LogP contribution in [0.1, 0.15) is 43.7 Å². The summed E-state index contributed by atoms with van der Waals surface area (Å²) in [6.45, 7) is 8.27. The predicted octanol–water partition coefficient (Wildman–Crippen LogP) is 2.37. The fourth-order valence-electron chi connectivity index (χ4n) is 2.84. The molecule has 1 amide bonds. The van der Waals surface area contributed by atoms with Crippen LogP contribution in [0.3, 0.4) is 0 Å². The number of nitrogens with one attached hydrogen (secondary N) is 2. The smallest absolute Gasteiger partial charge is 0.258 e. The van der Waals surface area contributed by atoms with E-state index in [4.69, 9.17) is 4.74 Å². The second-order valence-corrected chi connectivity index (χ2v) is 6.05. The lowest BCUT2D eigenvalue weighted by atomic mass is 9.87. The lowest BCUT2D eigenvalue weighted by Gasteiger charge is -2.24. The van der Waals surface area contributed by atoms with Crippen molar-refractivity contribution in [3.8, 4) is 5.75 Å². The van der Waals surface area contributed by atoms with Gasteiger partial charge in [-0.1, -0.05) is 6.07 Å². The van der Waals surface area contributed by atoms with Gasteiger partial charge in [-0.25, -0.2) is 0 Å². The van der Waals surface area contributed by atoms with Crippen molar-refractivity contribution >= 4 is 5.91 Å². The van der Waals surface area contributed by atoms with Gasteiger partial charge in [-0.15, -0.1) is 0 Å². The summed E-state index contributed by atoms with van der Waals surface area (Å²) in [6.07, 6.45) is 2.38. The van der Waals surface area contributed by atoms with E-state index in [2.05, 4.69) is 23.6 Å². The molecule has 21 heavy (non-hydrogen) atoms. The third kappa shape index (κ3) is 4.74. The van der Waals surface area contributed by atoms with Crippen molar-refractivity contribution in [1.82, 2.24) is 10.6 Å². The van der Waals surface area contributed by atoms with E-state index in [1.165, 1.54) is 24.0 Å². The van der Waals surface area contributed by atoms with Gasteiger partial charge in [0.05, 0.1) is 0 Å². The Balaban J connectivity index is 1.93. The van der Waals surface area contributed by atoms with Gasteiger partial charge >= 0.3 is 0 Å². The van der Waals surface area contributed by atoms with E-state index in [9.17, 15) is 4.79 Å². The van der Waals surface area contributed by atoms with Gasteiger partial charge in [-0.05, 0) is 75.9 Å². The Hall–Kier alpha value is -1.55. The molecule has 4 heteroatoms. The maximum absolute atomic E-state index is 11.6. The van der Waals surface area contributed by atoms with E-state index in [-0.39, 0.29) is 18.6 Å². The molecule has 2 rings (SSSR count). The van der Waals surface area contributed by atoms with E-state index in [0.29, 0.717) is 5.92 Å². The molecule has 116 valence electrons. The second kappa shape index (κ2) is 7.46. The van der Waals surface area contributed by atoms with E-state index < -0.39 is 0 Å². The molecule has 1 saturated heterocycles. The molecule has 0 aliphatic carbocycles. The van der Waals surface area contributed by atoms with Gasteiger partial charge in [-0.3, -0.25) is 4.79 Å². The van der Waals surface area contributed by atoms with Gasteiger partial charge in [-0.2, -0.15) is 0 Å². The molecule has 1 fully saturated rings. The average Bonchev–Trinajstić information content (AvgIpc) is 2.45. The van der Waals surface area contributed by atoms with Crippen LogP contribution in [0.2, 0.25) is 0 Å². The van der Waals surface area contributed by atoms with Crippen LogP contribution in [0.25, 0.3) is 0 Å². The number of benzene rings is 1. The molecule has 0 saturated carbocycles. The number of piperidine rings is 1. The van der Waals surface area contributed by atoms with Gasteiger partial charge in [0, 0.05) is 6.04 Å². The number of amides is 1. The highest BCUT2D eigenvalue weighted by molar-refractivity contribution is 5.77. The lowest BCUT2D eigenvalue weighted by molar-refractivity contribution is -0.123. The summed E-state index contributed by atoms with van der Waals surface area (Å²) in [5.74, 6) is 1.33. The normalized spacial score (nSPS) is 16.0. The lowest BCUT2D eigenvalue weighted by Crippen LogP contribution is -2.34. The summed E-state index contributed by atoms with van der Waals surface area (Å²) in [4.78, 5) is 11.6. The van der Waals surface area contributed by atoms with Crippen molar-refractivity contribution in [1.29, 1.82) is 0 Å². The number of hydrogen-bond acceptors (Lipinski definition) is 3. The minimum absolute atomic E-state index is 0.0737. The van der Waals surface area contributed by atoms with Gasteiger partial charge in [0.1, 0.15) is 5.75 Å². The Labute approximate surface area is 127 Å². The maximum atomic E-state index is 11.6. The van der Waals surface area contributed by atoms with Crippen LogP contribution in [-0.2, 0) is 4.79 Å². The highest BCUT2D eigenvalue weighted by atomic mass is 16.5. The van der Waals surface area contributed by atoms with Crippen LogP contribution in [0.5, 0.6) is 5.75 Å². The summed E-state index contributed by atoms with van der Waals surface area (Å²) < 4.78 is 5.57. The summed E-state index contributed by atoms with van der Waals surface area (Å²) in [5.41, 5.74) is 2.67. The molecule has 1 aromatic carbocycles. The van der Waals surface area contributed by atoms with Crippen LogP contribution in [-0.4, -0.2) is 31.6 Å². The summed E-state index contributed by atoms with van der Waals surface area (Å²) in [7, 11) is 0. The van der Waals surface area contributed by atoms with Crippen molar-refractivity contribution in [3.05, 3.63) is 29.3 Å². The first-order valence-electron chi connectivity index (χ1n) is 7.79. The van der Waals surface area contributed by atoms with Crippen molar-refractivity contribution in [3.63, 3.8) is 0 Å². The molecular formula is C17H26N2O2. The summed E-state index contributed by atoms with van der Waals surface area (Å²) >= 11 is 0. The molecule has 2 N–H and O–H groups in total. The van der Waals surface area contributed by atoms with E-state index in [1.807, 2.05) is 26.0 Å². The average molecular weight is 290 g/mol. The Bertz CT molecular complexity index is 480. The molecule has 1 heterocycles. The number of carbonyl (C=O) groups excluding carboxylic acids is 1. The van der Waals surface area contributed by atoms with Crippen LogP contribution in [0, 0.1) is 6.92 Å². The number of ether oxygens (including phenoxy) is 1. The van der Waals surface area contributed by atoms with Crippen molar-refractivity contribution in [2.45, 2.75) is 45.6 Å². The zero-order valence-corrected chi connectivity index (χ0v) is 13.2. The molecule has 0 spiro atoms. The molecule has 1 aliphatic rings. The number of carbonyl (C=O) groups is 1. The fraction of sp³-hybridized carbons (Fsp3) is 0.588. The van der Waals surface area contributed by atoms with Gasteiger partial charge < -0.3 is 15.4 Å². The minimum Gasteiger partial charge on any atom is -0.484 e. The first-order valence-corrected chi connectivity index (χ1v) is 7.79. The Morgan fingerprint density at radius 3 is 2.71 bits per heavy atom. The highest BCUT2D eigenvalue weighted by Gasteiger charge is 2.17. The highest BCUT2D eigenvalue weighted by Crippen LogP contribution is 2.29. The topological polar surface area (TPSA) is 50.4 Å². The minimum atomic E-state index is -0.0786. The molecular weight excluding hydrogens is 264 g/mol. The van der Waals surface area contributed by atoms with Gasteiger partial charge in [0.15, 0.2) is 6.61 Å². The quantitative estimate of drug-likeness (QED) is 0.875. The Morgan fingerprint density at radius 1 is 1.38 bits per heavy atom. The monoisotopic (exact) mass is 290 g/mol. The second-order valence-electron chi connectivity index (χ2n) is 6.05. The molecule has 0 bridgehead atoms. The standard InChI is InChI=1S/C17H26N2O2/c1-12(2)19-17(20)11-21-15-4-5-16(13(3)10-15)14-6-8-18-9-7-14/h4-5,10,12,14,18H,6-9,11H2,1-3H3,(H,19,20). The van der Waals surface area contributed by atoms with Crippen LogP contribution >= 0.6 is 0 Å². The maximum Gasteiger partial charge on any atom is 0.258 e. The van der Waals surface area contributed by atoms with Gasteiger partial charge in [0.2, 0.25) is 0 Å². The largest absolute Gasteiger partial charge is 0.484 e. The van der Waals surface area contributed by atoms with E-state index in [0.717, 1.165) is 18.8 Å². The Kier molecular flexibility index (Phi) is 5.62. The first kappa shape index (κ1) is 15.8. The number of hydrogen-bond donors (Lipinski definition) is 2. The number of rotatable bonds is 5. The molecule has 4 nitrogen and oxygen atoms in total. The van der Waals surface area contributed by atoms with Crippen molar-refractivity contribution < 1.29 is 9.53 Å². The van der Waals surface area contributed by atoms with E-state index >= 15 is 0 Å². The molecule has 1 aliphatic heterocycles. The Morgan fingerprint density at radius 2 is 2.10 bits per heavy atom. The zero-order chi connectivity index (χ0) is 15.2. The fourth-order valence-corrected chi connectivity index (χ4v) is 2.84. The van der Waals surface area contributed by atoms with Crippen LogP contribution in [0.15, 0.2) is 18.2 Å². The van der Waals surface area contributed by atoms with Crippen LogP contribution in [0.4, 0.5) is 0 Å². The summed E-state index contributed by atoms with van der Waals surface area (Å²) in [5, 5.41) is 6.21. The third-order valence-corrected chi connectivity index (χ3v) is 3.84. The first-order chi connectivity index (χ1) is 10.1. The SMILES string of the molecule is Cc1cc(OCC(=O)NC(C)C)ccc1C1CCNCC1. The zero-order valence-electron chi connectivity index (χ0n) is 13.2.